The Labute approximate surface area is 161 Å². The number of carbonyl (C=O) groups excluding carboxylic acids is 1. The van der Waals surface area contributed by atoms with Crippen LogP contribution >= 0.6 is 0 Å². The topological polar surface area (TPSA) is 56.8 Å². The maximum Gasteiger partial charge on any atom is 0.244 e. The van der Waals surface area contributed by atoms with Crippen molar-refractivity contribution in [1.82, 2.24) is 5.32 Å². The molecule has 0 heterocycles. The molecule has 2 aromatic rings. The molecule has 0 bridgehead atoms. The summed E-state index contributed by atoms with van der Waals surface area (Å²) >= 11 is 0. The van der Waals surface area contributed by atoms with Crippen molar-refractivity contribution in [3.05, 3.63) is 59.7 Å². The van der Waals surface area contributed by atoms with Gasteiger partial charge in [0.1, 0.15) is 5.75 Å². The first-order chi connectivity index (χ1) is 13.2. The third kappa shape index (κ3) is 6.70. The van der Waals surface area contributed by atoms with Crippen molar-refractivity contribution < 1.29 is 19.0 Å². The van der Waals surface area contributed by atoms with Gasteiger partial charge in [0.15, 0.2) is 11.5 Å². The Hall–Kier alpha value is -2.95. The van der Waals surface area contributed by atoms with Crippen LogP contribution in [0.3, 0.4) is 0 Å². The predicted molar refractivity (Wildman–Crippen MR) is 107 cm³/mol. The zero-order valence-corrected chi connectivity index (χ0v) is 16.2. The van der Waals surface area contributed by atoms with Crippen LogP contribution in [0.5, 0.6) is 17.2 Å². The average molecular weight is 369 g/mol. The Balaban J connectivity index is 1.89. The summed E-state index contributed by atoms with van der Waals surface area (Å²) in [7, 11) is 1.61. The lowest BCUT2D eigenvalue weighted by molar-refractivity contribution is -0.116. The van der Waals surface area contributed by atoms with E-state index in [0.29, 0.717) is 31.3 Å². The molecule has 0 saturated carbocycles. The summed E-state index contributed by atoms with van der Waals surface area (Å²) in [6.07, 6.45) is 4.22. The second-order valence-electron chi connectivity index (χ2n) is 5.89. The van der Waals surface area contributed by atoms with Gasteiger partial charge in [-0.15, -0.1) is 0 Å². The van der Waals surface area contributed by atoms with E-state index in [4.69, 9.17) is 14.2 Å². The van der Waals surface area contributed by atoms with E-state index in [0.717, 1.165) is 23.3 Å². The van der Waals surface area contributed by atoms with Gasteiger partial charge in [0.25, 0.3) is 0 Å². The van der Waals surface area contributed by atoms with Crippen molar-refractivity contribution in [2.24, 2.45) is 0 Å². The van der Waals surface area contributed by atoms with Gasteiger partial charge in [-0.1, -0.05) is 25.1 Å². The average Bonchev–Trinajstić information content (AvgIpc) is 2.70. The molecule has 0 unspecified atom stereocenters. The van der Waals surface area contributed by atoms with Crippen molar-refractivity contribution in [2.45, 2.75) is 26.8 Å². The lowest BCUT2D eigenvalue weighted by Gasteiger charge is -2.11. The van der Waals surface area contributed by atoms with Gasteiger partial charge >= 0.3 is 0 Å². The van der Waals surface area contributed by atoms with Crippen LogP contribution in [-0.4, -0.2) is 26.2 Å². The summed E-state index contributed by atoms with van der Waals surface area (Å²) < 4.78 is 16.4. The lowest BCUT2D eigenvalue weighted by Crippen LogP contribution is -2.20. The van der Waals surface area contributed by atoms with Crippen LogP contribution in [0.2, 0.25) is 0 Å². The number of benzene rings is 2. The number of methoxy groups -OCH3 is 1. The van der Waals surface area contributed by atoms with E-state index in [1.54, 1.807) is 13.2 Å². The quantitative estimate of drug-likeness (QED) is 0.637. The summed E-state index contributed by atoms with van der Waals surface area (Å²) in [5.41, 5.74) is 1.88. The van der Waals surface area contributed by atoms with Crippen LogP contribution < -0.4 is 19.5 Å². The minimum absolute atomic E-state index is 0.158. The number of hydrogen-bond acceptors (Lipinski definition) is 4. The summed E-state index contributed by atoms with van der Waals surface area (Å²) in [4.78, 5) is 12.0. The van der Waals surface area contributed by atoms with Crippen LogP contribution in [0.1, 0.15) is 31.4 Å². The molecule has 144 valence electrons. The molecule has 5 heteroatoms. The molecule has 0 spiro atoms. The van der Waals surface area contributed by atoms with E-state index in [9.17, 15) is 4.79 Å². The summed E-state index contributed by atoms with van der Waals surface area (Å²) in [6, 6.07) is 13.3. The normalized spacial score (nSPS) is 10.6. The van der Waals surface area contributed by atoms with Gasteiger partial charge in [0.05, 0.1) is 20.3 Å². The molecule has 0 saturated heterocycles. The number of nitrogens with one attached hydrogen (secondary N) is 1. The van der Waals surface area contributed by atoms with E-state index in [-0.39, 0.29) is 5.91 Å². The smallest absolute Gasteiger partial charge is 0.244 e. The highest BCUT2D eigenvalue weighted by atomic mass is 16.5. The highest BCUT2D eigenvalue weighted by molar-refractivity contribution is 5.91. The van der Waals surface area contributed by atoms with Crippen LogP contribution in [0.15, 0.2) is 48.5 Å². The zero-order valence-electron chi connectivity index (χ0n) is 16.2. The molecule has 0 radical (unpaired) electrons. The highest BCUT2D eigenvalue weighted by Crippen LogP contribution is 2.28. The van der Waals surface area contributed by atoms with E-state index >= 15 is 0 Å². The van der Waals surface area contributed by atoms with Gasteiger partial charge in [-0.3, -0.25) is 4.79 Å². The van der Waals surface area contributed by atoms with E-state index < -0.39 is 0 Å². The fourth-order valence-electron chi connectivity index (χ4n) is 2.42. The van der Waals surface area contributed by atoms with E-state index in [1.807, 2.05) is 49.4 Å². The molecular formula is C22H27NO4. The monoisotopic (exact) mass is 369 g/mol. The van der Waals surface area contributed by atoms with Gasteiger partial charge in [-0.05, 0) is 54.8 Å². The van der Waals surface area contributed by atoms with Gasteiger partial charge < -0.3 is 19.5 Å². The van der Waals surface area contributed by atoms with Crippen molar-refractivity contribution >= 4 is 12.0 Å². The maximum absolute atomic E-state index is 12.0. The number of carbonyl (C=O) groups is 1. The molecule has 0 aromatic heterocycles. The first-order valence-corrected chi connectivity index (χ1v) is 9.14. The second kappa shape index (κ2) is 10.9. The van der Waals surface area contributed by atoms with Crippen molar-refractivity contribution in [1.29, 1.82) is 0 Å². The molecule has 0 fully saturated rings. The second-order valence-corrected chi connectivity index (χ2v) is 5.89. The van der Waals surface area contributed by atoms with Gasteiger partial charge in [0.2, 0.25) is 5.91 Å². The van der Waals surface area contributed by atoms with Crippen LogP contribution in [0, 0.1) is 0 Å². The molecule has 0 aliphatic carbocycles. The van der Waals surface area contributed by atoms with E-state index in [2.05, 4.69) is 12.2 Å². The third-order valence-electron chi connectivity index (χ3n) is 3.77. The summed E-state index contributed by atoms with van der Waals surface area (Å²) in [5, 5.41) is 2.87. The molecule has 27 heavy (non-hydrogen) atoms. The molecule has 2 aromatic carbocycles. The number of ether oxygens (including phenoxy) is 3. The lowest BCUT2D eigenvalue weighted by atomic mass is 10.2. The Morgan fingerprint density at radius 2 is 1.81 bits per heavy atom. The first-order valence-electron chi connectivity index (χ1n) is 9.14. The highest BCUT2D eigenvalue weighted by Gasteiger charge is 2.06. The van der Waals surface area contributed by atoms with Crippen molar-refractivity contribution in [3.63, 3.8) is 0 Å². The van der Waals surface area contributed by atoms with Gasteiger partial charge in [0, 0.05) is 12.6 Å². The molecular weight excluding hydrogens is 342 g/mol. The van der Waals surface area contributed by atoms with Crippen molar-refractivity contribution in [3.8, 4) is 17.2 Å². The first kappa shape index (κ1) is 20.4. The van der Waals surface area contributed by atoms with E-state index in [1.165, 1.54) is 6.08 Å². The minimum Gasteiger partial charge on any atom is -0.494 e. The SMILES string of the molecule is CCCOc1ccc(CNC(=O)/C=C/c2ccc(OCC)cc2)cc1OC. The molecule has 5 nitrogen and oxygen atoms in total. The zero-order chi connectivity index (χ0) is 19.5. The van der Waals surface area contributed by atoms with Crippen LogP contribution in [0.4, 0.5) is 0 Å². The molecule has 1 N–H and O–H groups in total. The van der Waals surface area contributed by atoms with Gasteiger partial charge in [-0.2, -0.15) is 0 Å². The molecule has 1 amide bonds. The number of rotatable bonds is 10. The van der Waals surface area contributed by atoms with Gasteiger partial charge in [-0.25, -0.2) is 0 Å². The summed E-state index contributed by atoms with van der Waals surface area (Å²) in [5.74, 6) is 2.04. The number of hydrogen-bond donors (Lipinski definition) is 1. The molecule has 2 rings (SSSR count). The largest absolute Gasteiger partial charge is 0.494 e. The Morgan fingerprint density at radius 3 is 2.48 bits per heavy atom. The fraction of sp³-hybridized carbons (Fsp3) is 0.318. The predicted octanol–water partition coefficient (Wildman–Crippen LogP) is 4.21. The Morgan fingerprint density at radius 1 is 1.04 bits per heavy atom. The third-order valence-corrected chi connectivity index (χ3v) is 3.77. The maximum atomic E-state index is 12.0. The summed E-state index contributed by atoms with van der Waals surface area (Å²) in [6.45, 7) is 5.68. The Kier molecular flexibility index (Phi) is 8.23. The molecule has 0 atom stereocenters. The fourth-order valence-corrected chi connectivity index (χ4v) is 2.42. The van der Waals surface area contributed by atoms with Crippen LogP contribution in [0.25, 0.3) is 6.08 Å². The standard InChI is InChI=1S/C22H27NO4/c1-4-14-27-20-12-8-18(15-21(20)25-3)16-23-22(24)13-9-17-6-10-19(11-7-17)26-5-2/h6-13,15H,4-5,14,16H2,1-3H3,(H,23,24)/b13-9+. The van der Waals surface area contributed by atoms with Crippen LogP contribution in [-0.2, 0) is 11.3 Å². The minimum atomic E-state index is -0.158. The van der Waals surface area contributed by atoms with Crippen molar-refractivity contribution in [2.75, 3.05) is 20.3 Å². The molecule has 0 aliphatic rings. The molecule has 0 aliphatic heterocycles. The Bertz CT molecular complexity index is 753. The number of amides is 1.